The number of hydrogen-bond donors (Lipinski definition) is 0. The Morgan fingerprint density at radius 3 is 0.333 bits per heavy atom. The molecule has 6 heteroatoms. The van der Waals surface area contributed by atoms with Gasteiger partial charge in [-0.05, 0) is 0 Å². The van der Waals surface area contributed by atoms with E-state index in [1.165, 1.54) is 0 Å². The van der Waals surface area contributed by atoms with Crippen LogP contribution in [0.25, 0.3) is 0 Å². The second kappa shape index (κ2) is 30.9. The van der Waals surface area contributed by atoms with Crippen LogP contribution < -0.4 is 0 Å². The van der Waals surface area contributed by atoms with Crippen LogP contribution in [0.15, 0.2) is 0 Å². The summed E-state index contributed by atoms with van der Waals surface area (Å²) < 4.78 is 0. The van der Waals surface area contributed by atoms with Gasteiger partial charge in [-0.2, -0.15) is 0 Å². The Bertz CT molecular complexity index is 3.90. The monoisotopic (exact) mass is 601 g/mol. The van der Waals surface area contributed by atoms with Gasteiger partial charge < -0.3 is 0 Å². The molecule has 6 heavy (non-hydrogen) atoms. The summed E-state index contributed by atoms with van der Waals surface area (Å²) in [6.45, 7) is 0. The van der Waals surface area contributed by atoms with Crippen molar-refractivity contribution >= 4 is 0 Å². The normalized spacial score (nSPS) is 0. The maximum Gasteiger partial charge on any atom is 0 e. The van der Waals surface area contributed by atoms with E-state index in [-0.39, 0.29) is 171 Å². The summed E-state index contributed by atoms with van der Waals surface area (Å²) in [5, 5.41) is 0. The first-order valence-corrected chi connectivity index (χ1v) is 0. The smallest absolute Gasteiger partial charge is 0 e. The van der Waals surface area contributed by atoms with Gasteiger partial charge in [0, 0.05) is 171 Å². The van der Waals surface area contributed by atoms with Gasteiger partial charge >= 0.3 is 0 Å². The Hall–Kier alpha value is 5.75. The molecular formula is SmZr5. The summed E-state index contributed by atoms with van der Waals surface area (Å²) >= 11 is 0. The van der Waals surface area contributed by atoms with Gasteiger partial charge in [0.15, 0.2) is 0 Å². The summed E-state index contributed by atoms with van der Waals surface area (Å²) in [6.07, 6.45) is 0. The van der Waals surface area contributed by atoms with Crippen LogP contribution in [-0.4, -0.2) is 0 Å². The molecule has 0 atom stereocenters. The fraction of sp³-hybridized carbons (Fsp3) is 0. The number of rotatable bonds is 0. The molecule has 0 aromatic heterocycles. The van der Waals surface area contributed by atoms with E-state index in [1.807, 2.05) is 0 Å². The molecule has 0 aromatic carbocycles. The molecule has 26 valence electrons. The molecule has 0 unspecified atom stereocenters. The molecule has 0 fully saturated rings. The van der Waals surface area contributed by atoms with Crippen molar-refractivity contribution in [3.8, 4) is 0 Å². The van der Waals surface area contributed by atoms with Crippen LogP contribution in [-0.2, 0) is 131 Å². The SMILES string of the molecule is [Sm].[Zr].[Zr].[Zr].[Zr].[Zr]. The molecule has 0 spiro atoms. The van der Waals surface area contributed by atoms with Gasteiger partial charge in [-0.1, -0.05) is 0 Å². The average Bonchev–Trinajstić information content (AvgIpc) is 0. The molecule has 0 N–H and O–H groups in total. The first-order chi connectivity index (χ1) is 0. The van der Waals surface area contributed by atoms with E-state index < -0.39 is 0 Å². The predicted molar refractivity (Wildman–Crippen MR) is 0 cm³/mol. The zero-order valence-electron chi connectivity index (χ0n) is 2.91. The van der Waals surface area contributed by atoms with Crippen LogP contribution in [0.2, 0.25) is 0 Å². The van der Waals surface area contributed by atoms with Crippen LogP contribution in [0.5, 0.6) is 0 Å². The Morgan fingerprint density at radius 2 is 0.333 bits per heavy atom. The van der Waals surface area contributed by atoms with E-state index in [9.17, 15) is 0 Å². The average molecular weight is 606 g/mol. The molecule has 0 rings (SSSR count). The van der Waals surface area contributed by atoms with Crippen LogP contribution in [0.4, 0.5) is 0 Å². The minimum absolute atomic E-state index is 0. The summed E-state index contributed by atoms with van der Waals surface area (Å²) in [5.74, 6) is 0. The second-order valence-corrected chi connectivity index (χ2v) is 0. The summed E-state index contributed by atoms with van der Waals surface area (Å²) in [6, 6.07) is 0. The van der Waals surface area contributed by atoms with Gasteiger partial charge in [0.25, 0.3) is 0 Å². The summed E-state index contributed by atoms with van der Waals surface area (Å²) in [4.78, 5) is 0. The van der Waals surface area contributed by atoms with E-state index in [4.69, 9.17) is 0 Å². The molecule has 0 aliphatic rings. The van der Waals surface area contributed by atoms with Crippen LogP contribution >= 0.6 is 0 Å². The van der Waals surface area contributed by atoms with Crippen molar-refractivity contribution in [3.05, 3.63) is 0 Å². The zero-order valence-corrected chi connectivity index (χ0v) is 17.8. The molecule has 0 radical (unpaired) electrons. The third-order valence-corrected chi connectivity index (χ3v) is 0. The third-order valence-electron chi connectivity index (χ3n) is 0. The van der Waals surface area contributed by atoms with Crippen LogP contribution in [0.1, 0.15) is 0 Å². The molecule has 0 aromatic rings. The van der Waals surface area contributed by atoms with Crippen LogP contribution in [0.3, 0.4) is 0 Å². The molecule has 0 amide bonds. The predicted octanol–water partition coefficient (Wildman–Crippen LogP) is -0.0125. The quantitative estimate of drug-likeness (QED) is 0.364. The Labute approximate surface area is 166 Å². The zero-order chi connectivity index (χ0) is 0. The van der Waals surface area contributed by atoms with Gasteiger partial charge in [0.05, 0.1) is 0 Å². The summed E-state index contributed by atoms with van der Waals surface area (Å²) in [5.41, 5.74) is 0. The Balaban J connectivity index is 0. The fourth-order valence-corrected chi connectivity index (χ4v) is 0. The van der Waals surface area contributed by atoms with Crippen molar-refractivity contribution < 1.29 is 171 Å². The molecular weight excluding hydrogens is 606 g/mol. The van der Waals surface area contributed by atoms with Crippen LogP contribution in [0, 0.1) is 40.4 Å². The van der Waals surface area contributed by atoms with Crippen molar-refractivity contribution in [2.75, 3.05) is 0 Å². The molecule has 0 aliphatic heterocycles. The Kier molecular flexibility index (Phi) is 211. The molecule has 0 saturated carbocycles. The van der Waals surface area contributed by atoms with E-state index in [0.717, 1.165) is 0 Å². The molecule has 0 aliphatic carbocycles. The van der Waals surface area contributed by atoms with E-state index in [1.54, 1.807) is 0 Å². The molecule has 0 saturated heterocycles. The number of hydrogen-bond acceptors (Lipinski definition) is 0. The maximum absolute atomic E-state index is 0. The van der Waals surface area contributed by atoms with Gasteiger partial charge in [-0.25, -0.2) is 0 Å². The van der Waals surface area contributed by atoms with Crippen molar-refractivity contribution in [1.29, 1.82) is 0 Å². The molecule has 0 bridgehead atoms. The van der Waals surface area contributed by atoms with Gasteiger partial charge in [-0.3, -0.25) is 0 Å². The first-order valence-electron chi connectivity index (χ1n) is 0. The minimum atomic E-state index is 0. The van der Waals surface area contributed by atoms with Gasteiger partial charge in [0.1, 0.15) is 0 Å². The fourth-order valence-electron chi connectivity index (χ4n) is 0. The minimum Gasteiger partial charge on any atom is 0 e. The molecule has 0 heterocycles. The van der Waals surface area contributed by atoms with Gasteiger partial charge in [-0.15, -0.1) is 0 Å². The van der Waals surface area contributed by atoms with Crippen molar-refractivity contribution in [2.45, 2.75) is 0 Å². The Morgan fingerprint density at radius 1 is 0.333 bits per heavy atom. The second-order valence-electron chi connectivity index (χ2n) is 0. The maximum atomic E-state index is 0. The summed E-state index contributed by atoms with van der Waals surface area (Å²) in [7, 11) is 0. The molecule has 0 nitrogen and oxygen atoms in total. The first kappa shape index (κ1) is 41.1. The van der Waals surface area contributed by atoms with Crippen molar-refractivity contribution in [3.63, 3.8) is 0 Å². The van der Waals surface area contributed by atoms with Crippen molar-refractivity contribution in [1.82, 2.24) is 0 Å². The van der Waals surface area contributed by atoms with E-state index >= 15 is 0 Å². The third kappa shape index (κ3) is 22.6. The largest absolute Gasteiger partial charge is 0 e. The van der Waals surface area contributed by atoms with Gasteiger partial charge in [0.2, 0.25) is 0 Å². The van der Waals surface area contributed by atoms with E-state index in [2.05, 4.69) is 0 Å². The van der Waals surface area contributed by atoms with E-state index in [0.29, 0.717) is 0 Å². The standard InChI is InChI=1S/Sm.5Zr. The van der Waals surface area contributed by atoms with Crippen molar-refractivity contribution in [2.24, 2.45) is 0 Å². The topological polar surface area (TPSA) is 0 Å².